The third-order valence-corrected chi connectivity index (χ3v) is 3.37. The number of pyridine rings is 1. The van der Waals surface area contributed by atoms with Gasteiger partial charge in [0, 0.05) is 12.6 Å². The Morgan fingerprint density at radius 2 is 2.11 bits per heavy atom. The van der Waals surface area contributed by atoms with Crippen molar-refractivity contribution in [3.8, 4) is 0 Å². The van der Waals surface area contributed by atoms with Gasteiger partial charge in [-0.1, -0.05) is 12.1 Å². The van der Waals surface area contributed by atoms with Gasteiger partial charge in [-0.05, 0) is 39.7 Å². The highest BCUT2D eigenvalue weighted by molar-refractivity contribution is 9.10. The first kappa shape index (κ1) is 12.7. The number of nitrogen functional groups attached to an aromatic ring is 1. The molecule has 1 aromatic heterocycles. The van der Waals surface area contributed by atoms with Crippen LogP contribution < -0.4 is 5.73 Å². The van der Waals surface area contributed by atoms with Crippen molar-refractivity contribution in [1.29, 1.82) is 0 Å². The number of hydrogen-bond acceptors (Lipinski definition) is 3. The molecule has 92 valence electrons. The lowest BCUT2D eigenvalue weighted by molar-refractivity contribution is 0.0989. The molecule has 0 saturated carbocycles. The van der Waals surface area contributed by atoms with Crippen LogP contribution in [0.3, 0.4) is 0 Å². The second kappa shape index (κ2) is 5.27. The molecular weight excluding hydrogens is 299 g/mol. The van der Waals surface area contributed by atoms with E-state index >= 15 is 0 Å². The van der Waals surface area contributed by atoms with E-state index in [-0.39, 0.29) is 17.9 Å². The topological polar surface area (TPSA) is 56.0 Å². The number of benzene rings is 1. The fourth-order valence-electron chi connectivity index (χ4n) is 1.59. The number of ketones is 1. The van der Waals surface area contributed by atoms with Crippen molar-refractivity contribution in [2.45, 2.75) is 6.42 Å². The molecule has 18 heavy (non-hydrogen) atoms. The van der Waals surface area contributed by atoms with Gasteiger partial charge in [-0.25, -0.2) is 4.39 Å². The van der Waals surface area contributed by atoms with Crippen LogP contribution in [0.25, 0.3) is 0 Å². The van der Waals surface area contributed by atoms with Crippen LogP contribution in [-0.4, -0.2) is 10.8 Å². The number of rotatable bonds is 3. The molecule has 0 atom stereocenters. The molecule has 3 nitrogen and oxygen atoms in total. The number of anilines is 1. The quantitative estimate of drug-likeness (QED) is 0.887. The third kappa shape index (κ3) is 2.56. The maximum atomic E-state index is 13.3. The lowest BCUT2D eigenvalue weighted by Gasteiger charge is -2.06. The van der Waals surface area contributed by atoms with Crippen molar-refractivity contribution in [2.24, 2.45) is 0 Å². The summed E-state index contributed by atoms with van der Waals surface area (Å²) in [5.74, 6) is -0.631. The maximum absolute atomic E-state index is 13.3. The van der Waals surface area contributed by atoms with Crippen LogP contribution in [0.5, 0.6) is 0 Å². The van der Waals surface area contributed by atoms with Crippen molar-refractivity contribution in [3.05, 3.63) is 58.1 Å². The van der Waals surface area contributed by atoms with Gasteiger partial charge in [0.25, 0.3) is 0 Å². The zero-order valence-electron chi connectivity index (χ0n) is 9.36. The standard InChI is InChI=1S/C13H10BrFN2O/c14-12-8(3-1-4-9(12)15)7-11(18)13-10(16)5-2-6-17-13/h1-6H,7,16H2. The van der Waals surface area contributed by atoms with Gasteiger partial charge in [0.1, 0.15) is 11.5 Å². The maximum Gasteiger partial charge on any atom is 0.187 e. The summed E-state index contributed by atoms with van der Waals surface area (Å²) in [7, 11) is 0. The Bertz CT molecular complexity index is 601. The molecule has 0 spiro atoms. The highest BCUT2D eigenvalue weighted by Crippen LogP contribution is 2.22. The van der Waals surface area contributed by atoms with E-state index in [4.69, 9.17) is 5.73 Å². The molecule has 1 aromatic carbocycles. The van der Waals surface area contributed by atoms with E-state index in [0.29, 0.717) is 15.7 Å². The average molecular weight is 309 g/mol. The number of nitrogens with two attached hydrogens (primary N) is 1. The number of carbonyl (C=O) groups excluding carboxylic acids is 1. The Morgan fingerprint density at radius 3 is 2.83 bits per heavy atom. The van der Waals surface area contributed by atoms with E-state index in [0.717, 1.165) is 0 Å². The van der Waals surface area contributed by atoms with Crippen LogP contribution in [0.4, 0.5) is 10.1 Å². The number of aromatic nitrogens is 1. The summed E-state index contributed by atoms with van der Waals surface area (Å²) in [6.07, 6.45) is 1.56. The number of Topliss-reactive ketones (excluding diaryl/α,β-unsaturated/α-hetero) is 1. The SMILES string of the molecule is Nc1cccnc1C(=O)Cc1cccc(F)c1Br. The summed E-state index contributed by atoms with van der Waals surface area (Å²) in [5, 5.41) is 0. The van der Waals surface area contributed by atoms with Crippen LogP contribution in [0.1, 0.15) is 16.1 Å². The molecule has 0 fully saturated rings. The van der Waals surface area contributed by atoms with Gasteiger partial charge in [0.15, 0.2) is 5.78 Å². The highest BCUT2D eigenvalue weighted by Gasteiger charge is 2.14. The first-order chi connectivity index (χ1) is 8.59. The van der Waals surface area contributed by atoms with Crippen LogP contribution in [-0.2, 0) is 6.42 Å². The average Bonchev–Trinajstić information content (AvgIpc) is 2.35. The molecule has 0 bridgehead atoms. The predicted molar refractivity (Wildman–Crippen MR) is 70.8 cm³/mol. The van der Waals surface area contributed by atoms with E-state index in [1.54, 1.807) is 24.3 Å². The fourth-order valence-corrected chi connectivity index (χ4v) is 2.00. The monoisotopic (exact) mass is 308 g/mol. The first-order valence-corrected chi connectivity index (χ1v) is 6.05. The minimum absolute atomic E-state index is 0.0551. The first-order valence-electron chi connectivity index (χ1n) is 5.26. The van der Waals surface area contributed by atoms with Crippen molar-refractivity contribution >= 4 is 27.4 Å². The largest absolute Gasteiger partial charge is 0.397 e. The highest BCUT2D eigenvalue weighted by atomic mass is 79.9. The van der Waals surface area contributed by atoms with E-state index in [9.17, 15) is 9.18 Å². The van der Waals surface area contributed by atoms with Gasteiger partial charge in [0.05, 0.1) is 10.2 Å². The smallest absolute Gasteiger partial charge is 0.187 e. The Kier molecular flexibility index (Phi) is 3.72. The van der Waals surface area contributed by atoms with Gasteiger partial charge in [-0.2, -0.15) is 0 Å². The number of halogens is 2. The van der Waals surface area contributed by atoms with E-state index in [1.807, 2.05) is 0 Å². The molecule has 0 aliphatic rings. The summed E-state index contributed by atoms with van der Waals surface area (Å²) < 4.78 is 13.6. The van der Waals surface area contributed by atoms with Gasteiger partial charge >= 0.3 is 0 Å². The van der Waals surface area contributed by atoms with Crippen molar-refractivity contribution < 1.29 is 9.18 Å². The molecule has 1 heterocycles. The second-order valence-electron chi connectivity index (χ2n) is 3.75. The lowest BCUT2D eigenvalue weighted by atomic mass is 10.1. The van der Waals surface area contributed by atoms with Crippen LogP contribution >= 0.6 is 15.9 Å². The Morgan fingerprint density at radius 1 is 1.33 bits per heavy atom. The van der Waals surface area contributed by atoms with Gasteiger partial charge in [-0.3, -0.25) is 9.78 Å². The number of nitrogens with zero attached hydrogens (tertiary/aromatic N) is 1. The summed E-state index contributed by atoms with van der Waals surface area (Å²) in [4.78, 5) is 16.0. The van der Waals surface area contributed by atoms with Crippen molar-refractivity contribution in [2.75, 3.05) is 5.73 Å². The normalized spacial score (nSPS) is 10.3. The van der Waals surface area contributed by atoms with Crippen molar-refractivity contribution in [3.63, 3.8) is 0 Å². The van der Waals surface area contributed by atoms with Crippen LogP contribution in [0, 0.1) is 5.82 Å². The Hall–Kier alpha value is -1.75. The minimum Gasteiger partial charge on any atom is -0.397 e. The molecule has 0 aliphatic heterocycles. The fraction of sp³-hybridized carbons (Fsp3) is 0.0769. The van der Waals surface area contributed by atoms with E-state index < -0.39 is 5.82 Å². The third-order valence-electron chi connectivity index (χ3n) is 2.49. The second-order valence-corrected chi connectivity index (χ2v) is 4.55. The van der Waals surface area contributed by atoms with E-state index in [2.05, 4.69) is 20.9 Å². The zero-order valence-corrected chi connectivity index (χ0v) is 10.9. The Labute approximate surface area is 112 Å². The molecule has 0 aliphatic carbocycles. The summed E-state index contributed by atoms with van der Waals surface area (Å²) in [6, 6.07) is 7.84. The lowest BCUT2D eigenvalue weighted by Crippen LogP contribution is -2.09. The van der Waals surface area contributed by atoms with Crippen LogP contribution in [0.15, 0.2) is 41.0 Å². The van der Waals surface area contributed by atoms with Gasteiger partial charge < -0.3 is 5.73 Å². The van der Waals surface area contributed by atoms with E-state index in [1.165, 1.54) is 12.3 Å². The molecular formula is C13H10BrFN2O. The molecule has 0 radical (unpaired) electrons. The van der Waals surface area contributed by atoms with Gasteiger partial charge in [-0.15, -0.1) is 0 Å². The summed E-state index contributed by atoms with van der Waals surface area (Å²) in [5.41, 5.74) is 6.79. The zero-order chi connectivity index (χ0) is 13.1. The molecule has 0 saturated heterocycles. The summed E-state index contributed by atoms with van der Waals surface area (Å²) >= 11 is 3.12. The molecule has 0 amide bonds. The predicted octanol–water partition coefficient (Wildman–Crippen LogP) is 2.99. The molecule has 2 aromatic rings. The Balaban J connectivity index is 2.27. The molecule has 2 rings (SSSR count). The van der Waals surface area contributed by atoms with Crippen molar-refractivity contribution in [1.82, 2.24) is 4.98 Å². The molecule has 2 N–H and O–H groups in total. The van der Waals surface area contributed by atoms with Crippen LogP contribution in [0.2, 0.25) is 0 Å². The molecule has 5 heteroatoms. The number of carbonyl (C=O) groups is 1. The number of hydrogen-bond donors (Lipinski definition) is 1. The molecule has 0 unspecified atom stereocenters. The van der Waals surface area contributed by atoms with Gasteiger partial charge in [0.2, 0.25) is 0 Å². The summed E-state index contributed by atoms with van der Waals surface area (Å²) in [6.45, 7) is 0. The minimum atomic E-state index is -0.394.